The fourth-order valence-electron chi connectivity index (χ4n) is 2.62. The van der Waals surface area contributed by atoms with Gasteiger partial charge >= 0.3 is 5.97 Å². The molecule has 0 amide bonds. The molecule has 0 fully saturated rings. The Bertz CT molecular complexity index is 274. The number of carbonyl (C=O) groups is 1. The summed E-state index contributed by atoms with van der Waals surface area (Å²) in [5, 5.41) is 0. The lowest BCUT2D eigenvalue weighted by molar-refractivity contribution is -0.140. The van der Waals surface area contributed by atoms with Crippen LogP contribution in [0.1, 0.15) is 89.9 Å². The van der Waals surface area contributed by atoms with Gasteiger partial charge in [-0.15, -0.1) is 0 Å². The van der Waals surface area contributed by atoms with Crippen LogP contribution >= 0.6 is 0 Å². The molecule has 0 radical (unpaired) electrons. The van der Waals surface area contributed by atoms with E-state index >= 15 is 0 Å². The van der Waals surface area contributed by atoms with Crippen LogP contribution in [-0.4, -0.2) is 26.8 Å². The van der Waals surface area contributed by atoms with E-state index in [1.54, 1.807) is 7.11 Å². The van der Waals surface area contributed by atoms with Gasteiger partial charge in [-0.3, -0.25) is 4.79 Å². The van der Waals surface area contributed by atoms with Gasteiger partial charge in [-0.05, 0) is 38.5 Å². The van der Waals surface area contributed by atoms with Crippen LogP contribution < -0.4 is 0 Å². The normalized spacial score (nSPS) is 11.2. The van der Waals surface area contributed by atoms with Gasteiger partial charge in [0.25, 0.3) is 0 Å². The van der Waals surface area contributed by atoms with Crippen molar-refractivity contribution in [2.24, 2.45) is 0 Å². The molecule has 0 rings (SSSR count). The second-order valence-corrected chi connectivity index (χ2v) is 6.26. The number of methoxy groups -OCH3 is 2. The molecule has 0 N–H and O–H groups in total. The summed E-state index contributed by atoms with van der Waals surface area (Å²) in [6, 6.07) is 0. The van der Waals surface area contributed by atoms with E-state index in [9.17, 15) is 4.79 Å². The molecule has 0 aromatic heterocycles. The molecule has 0 atom stereocenters. The van der Waals surface area contributed by atoms with Crippen LogP contribution in [0.5, 0.6) is 0 Å². The molecule has 0 unspecified atom stereocenters. The fourth-order valence-corrected chi connectivity index (χ4v) is 2.62. The van der Waals surface area contributed by atoms with Crippen molar-refractivity contribution in [3.05, 3.63) is 12.2 Å². The van der Waals surface area contributed by atoms with Gasteiger partial charge in [0.05, 0.1) is 7.11 Å². The molecule has 0 saturated heterocycles. The molecule has 136 valence electrons. The lowest BCUT2D eigenvalue weighted by atomic mass is 10.1. The number of carbonyl (C=O) groups excluding carboxylic acids is 1. The highest BCUT2D eigenvalue weighted by molar-refractivity contribution is 5.68. The van der Waals surface area contributed by atoms with Crippen molar-refractivity contribution in [1.29, 1.82) is 0 Å². The first-order valence-corrected chi connectivity index (χ1v) is 9.52. The van der Waals surface area contributed by atoms with E-state index in [0.717, 1.165) is 19.4 Å². The summed E-state index contributed by atoms with van der Waals surface area (Å²) in [5.74, 6) is -0.0806. The Labute approximate surface area is 143 Å². The highest BCUT2D eigenvalue weighted by Crippen LogP contribution is 2.10. The van der Waals surface area contributed by atoms with Gasteiger partial charge in [-0.1, -0.05) is 57.1 Å². The maximum absolute atomic E-state index is 10.9. The Morgan fingerprint density at radius 1 is 0.696 bits per heavy atom. The molecule has 0 saturated carbocycles. The zero-order valence-electron chi connectivity index (χ0n) is 15.5. The number of hydrogen-bond acceptors (Lipinski definition) is 3. The molecule has 0 heterocycles. The second kappa shape index (κ2) is 19.2. The van der Waals surface area contributed by atoms with Crippen molar-refractivity contribution in [3.63, 3.8) is 0 Å². The lowest BCUT2D eigenvalue weighted by Gasteiger charge is -2.01. The summed E-state index contributed by atoms with van der Waals surface area (Å²) >= 11 is 0. The van der Waals surface area contributed by atoms with Crippen molar-refractivity contribution in [2.45, 2.75) is 89.9 Å². The predicted molar refractivity (Wildman–Crippen MR) is 97.7 cm³/mol. The smallest absolute Gasteiger partial charge is 0.305 e. The Balaban J connectivity index is 3.10. The maximum atomic E-state index is 10.9. The summed E-state index contributed by atoms with van der Waals surface area (Å²) in [4.78, 5) is 10.9. The minimum absolute atomic E-state index is 0.0806. The third-order valence-corrected chi connectivity index (χ3v) is 4.12. The third-order valence-electron chi connectivity index (χ3n) is 4.12. The molecular weight excluding hydrogens is 288 g/mol. The van der Waals surface area contributed by atoms with Gasteiger partial charge < -0.3 is 9.47 Å². The number of esters is 1. The van der Waals surface area contributed by atoms with E-state index in [-0.39, 0.29) is 5.97 Å². The molecular formula is C20H38O3. The topological polar surface area (TPSA) is 35.5 Å². The molecule has 3 heteroatoms. The van der Waals surface area contributed by atoms with E-state index in [0.29, 0.717) is 6.42 Å². The van der Waals surface area contributed by atoms with E-state index in [4.69, 9.17) is 4.74 Å². The van der Waals surface area contributed by atoms with Gasteiger partial charge in [0.2, 0.25) is 0 Å². The summed E-state index contributed by atoms with van der Waals surface area (Å²) in [5.41, 5.74) is 0. The van der Waals surface area contributed by atoms with E-state index in [1.807, 2.05) is 0 Å². The van der Waals surface area contributed by atoms with Crippen LogP contribution in [-0.2, 0) is 14.3 Å². The van der Waals surface area contributed by atoms with Crippen LogP contribution in [0.3, 0.4) is 0 Å². The largest absolute Gasteiger partial charge is 0.469 e. The van der Waals surface area contributed by atoms with Crippen molar-refractivity contribution >= 4 is 5.97 Å². The summed E-state index contributed by atoms with van der Waals surface area (Å²) < 4.78 is 9.67. The minimum Gasteiger partial charge on any atom is -0.469 e. The molecule has 0 aromatic rings. The van der Waals surface area contributed by atoms with Crippen molar-refractivity contribution in [2.75, 3.05) is 20.8 Å². The maximum Gasteiger partial charge on any atom is 0.305 e. The fraction of sp³-hybridized carbons (Fsp3) is 0.850. The van der Waals surface area contributed by atoms with Gasteiger partial charge in [0.1, 0.15) is 0 Å². The van der Waals surface area contributed by atoms with Crippen molar-refractivity contribution < 1.29 is 14.3 Å². The van der Waals surface area contributed by atoms with Gasteiger partial charge in [0.15, 0.2) is 0 Å². The number of rotatable bonds is 17. The predicted octanol–water partition coefficient (Wildman–Crippen LogP) is 5.82. The molecule has 0 aliphatic heterocycles. The van der Waals surface area contributed by atoms with Crippen LogP contribution in [0.15, 0.2) is 12.2 Å². The van der Waals surface area contributed by atoms with Crippen molar-refractivity contribution in [1.82, 2.24) is 0 Å². The average Bonchev–Trinajstić information content (AvgIpc) is 2.57. The number of ether oxygens (including phenoxy) is 2. The number of allylic oxidation sites excluding steroid dienone is 2. The van der Waals surface area contributed by atoms with Gasteiger partial charge in [-0.2, -0.15) is 0 Å². The Kier molecular flexibility index (Phi) is 18.5. The monoisotopic (exact) mass is 326 g/mol. The van der Waals surface area contributed by atoms with E-state index in [2.05, 4.69) is 16.9 Å². The van der Waals surface area contributed by atoms with Crippen LogP contribution in [0.4, 0.5) is 0 Å². The van der Waals surface area contributed by atoms with E-state index < -0.39 is 0 Å². The molecule has 0 bridgehead atoms. The Morgan fingerprint density at radius 2 is 1.17 bits per heavy atom. The molecule has 23 heavy (non-hydrogen) atoms. The number of unbranched alkanes of at least 4 members (excludes halogenated alkanes) is 11. The minimum atomic E-state index is -0.0806. The molecule has 0 aliphatic rings. The van der Waals surface area contributed by atoms with Crippen LogP contribution in [0.2, 0.25) is 0 Å². The standard InChI is InChI=1S/C20H38O3/c1-22-19-17-15-13-11-9-7-5-3-4-6-8-10-12-14-16-18-20(21)23-2/h3-4H,5-19H2,1-2H3/b4-3+. The molecule has 3 nitrogen and oxygen atoms in total. The van der Waals surface area contributed by atoms with Crippen LogP contribution in [0, 0.1) is 0 Å². The van der Waals surface area contributed by atoms with E-state index in [1.165, 1.54) is 77.7 Å². The van der Waals surface area contributed by atoms with Crippen molar-refractivity contribution in [3.8, 4) is 0 Å². The highest BCUT2D eigenvalue weighted by atomic mass is 16.5. The second-order valence-electron chi connectivity index (χ2n) is 6.26. The van der Waals surface area contributed by atoms with Crippen LogP contribution in [0.25, 0.3) is 0 Å². The number of hydrogen-bond donors (Lipinski definition) is 0. The summed E-state index contributed by atoms with van der Waals surface area (Å²) in [7, 11) is 3.23. The first-order valence-electron chi connectivity index (χ1n) is 9.52. The SMILES string of the molecule is COCCCCCCCC/C=C/CCCCCCCC(=O)OC. The zero-order valence-corrected chi connectivity index (χ0v) is 15.5. The first-order chi connectivity index (χ1) is 11.3. The lowest BCUT2D eigenvalue weighted by Crippen LogP contribution is -1.98. The Morgan fingerprint density at radius 3 is 1.70 bits per heavy atom. The molecule has 0 spiro atoms. The molecule has 0 aliphatic carbocycles. The first kappa shape index (κ1) is 22.2. The third kappa shape index (κ3) is 19.1. The highest BCUT2D eigenvalue weighted by Gasteiger charge is 1.98. The summed E-state index contributed by atoms with van der Waals surface area (Å²) in [6.45, 7) is 0.911. The average molecular weight is 327 g/mol. The summed E-state index contributed by atoms with van der Waals surface area (Å²) in [6.07, 6.45) is 21.5. The Hall–Kier alpha value is -0.830. The zero-order chi connectivity index (χ0) is 17.0. The molecule has 0 aromatic carbocycles. The quantitative estimate of drug-likeness (QED) is 0.192. The van der Waals surface area contributed by atoms with Gasteiger partial charge in [0, 0.05) is 20.1 Å². The van der Waals surface area contributed by atoms with Gasteiger partial charge in [-0.25, -0.2) is 0 Å².